The number of hydrogen-bond acceptors (Lipinski definition) is 5. The van der Waals surface area contributed by atoms with Gasteiger partial charge in [0, 0.05) is 17.9 Å². The summed E-state index contributed by atoms with van der Waals surface area (Å²) in [6.45, 7) is 1.89. The molecule has 0 spiro atoms. The lowest BCUT2D eigenvalue weighted by Gasteiger charge is -2.17. The number of hydrogen-bond donors (Lipinski definition) is 2. The van der Waals surface area contributed by atoms with Crippen molar-refractivity contribution in [2.75, 3.05) is 0 Å². The van der Waals surface area contributed by atoms with Crippen LogP contribution in [0.4, 0.5) is 0 Å². The van der Waals surface area contributed by atoms with Crippen LogP contribution < -0.4 is 11.1 Å². The van der Waals surface area contributed by atoms with Crippen LogP contribution in [0.3, 0.4) is 0 Å². The predicted molar refractivity (Wildman–Crippen MR) is 89.2 cm³/mol. The molecular weight excluding hydrogens is 316 g/mol. The van der Waals surface area contributed by atoms with E-state index >= 15 is 0 Å². The fourth-order valence-electron chi connectivity index (χ4n) is 3.60. The van der Waals surface area contributed by atoms with Crippen molar-refractivity contribution in [2.24, 2.45) is 11.7 Å². The summed E-state index contributed by atoms with van der Waals surface area (Å²) < 4.78 is 5.36. The Kier molecular flexibility index (Phi) is 6.41. The van der Waals surface area contributed by atoms with Crippen LogP contribution in [0.2, 0.25) is 0 Å². The number of amides is 1. The Balaban J connectivity index is 0.00000192. The molecule has 3 unspecified atom stereocenters. The summed E-state index contributed by atoms with van der Waals surface area (Å²) in [5.74, 6) is 1.81. The fourth-order valence-corrected chi connectivity index (χ4v) is 3.60. The van der Waals surface area contributed by atoms with E-state index in [2.05, 4.69) is 15.5 Å². The van der Waals surface area contributed by atoms with Gasteiger partial charge in [-0.1, -0.05) is 24.4 Å². The van der Waals surface area contributed by atoms with E-state index in [1.54, 1.807) is 0 Å². The summed E-state index contributed by atoms with van der Waals surface area (Å²) >= 11 is 0. The van der Waals surface area contributed by atoms with Gasteiger partial charge in [-0.05, 0) is 39.0 Å². The second-order valence-corrected chi connectivity index (χ2v) is 6.83. The number of carbonyl (C=O) groups excluding carboxylic acids is 1. The molecular formula is C16H27ClN4O2. The van der Waals surface area contributed by atoms with Crippen molar-refractivity contribution in [3.8, 4) is 0 Å². The molecule has 7 heteroatoms. The summed E-state index contributed by atoms with van der Waals surface area (Å²) in [7, 11) is 0. The van der Waals surface area contributed by atoms with Crippen molar-refractivity contribution >= 4 is 18.3 Å². The van der Waals surface area contributed by atoms with E-state index in [9.17, 15) is 4.79 Å². The molecule has 2 saturated carbocycles. The van der Waals surface area contributed by atoms with Crippen molar-refractivity contribution in [3.63, 3.8) is 0 Å². The number of rotatable bonds is 4. The maximum Gasteiger partial charge on any atom is 0.248 e. The standard InChI is InChI=1S/C16H26N4O2.ClH/c1-10(18-15(21)12-7-8-13(17)9-12)16-19-14(20-22-16)11-5-3-2-4-6-11;/h10-13H,2-9,17H2,1H3,(H,18,21);1H. The lowest BCUT2D eigenvalue weighted by Crippen LogP contribution is -2.32. The van der Waals surface area contributed by atoms with E-state index in [-0.39, 0.29) is 36.3 Å². The van der Waals surface area contributed by atoms with Crippen LogP contribution in [0.1, 0.15) is 82.0 Å². The van der Waals surface area contributed by atoms with Gasteiger partial charge in [0.15, 0.2) is 5.82 Å². The van der Waals surface area contributed by atoms with E-state index in [1.807, 2.05) is 6.92 Å². The minimum atomic E-state index is -0.242. The quantitative estimate of drug-likeness (QED) is 0.877. The van der Waals surface area contributed by atoms with Gasteiger partial charge in [0.1, 0.15) is 6.04 Å². The highest BCUT2D eigenvalue weighted by Crippen LogP contribution is 2.31. The highest BCUT2D eigenvalue weighted by molar-refractivity contribution is 5.85. The second kappa shape index (κ2) is 8.11. The predicted octanol–water partition coefficient (Wildman–Crippen LogP) is 2.84. The third-order valence-corrected chi connectivity index (χ3v) is 5.00. The van der Waals surface area contributed by atoms with Crippen molar-refractivity contribution in [2.45, 2.75) is 76.3 Å². The molecule has 1 aromatic heterocycles. The second-order valence-electron chi connectivity index (χ2n) is 6.83. The maximum atomic E-state index is 12.2. The van der Waals surface area contributed by atoms with E-state index < -0.39 is 0 Å². The summed E-state index contributed by atoms with van der Waals surface area (Å²) in [5, 5.41) is 7.10. The summed E-state index contributed by atoms with van der Waals surface area (Å²) in [5.41, 5.74) is 5.87. The number of nitrogens with one attached hydrogen (secondary N) is 1. The maximum absolute atomic E-state index is 12.2. The molecule has 2 aliphatic rings. The molecule has 0 saturated heterocycles. The van der Waals surface area contributed by atoms with Gasteiger partial charge in [-0.15, -0.1) is 12.4 Å². The van der Waals surface area contributed by atoms with E-state index in [0.717, 1.165) is 37.9 Å². The van der Waals surface area contributed by atoms with Crippen LogP contribution in [-0.2, 0) is 4.79 Å². The van der Waals surface area contributed by atoms with Crippen molar-refractivity contribution in [1.82, 2.24) is 15.5 Å². The van der Waals surface area contributed by atoms with Crippen molar-refractivity contribution in [1.29, 1.82) is 0 Å². The van der Waals surface area contributed by atoms with Crippen LogP contribution in [0.25, 0.3) is 0 Å². The third-order valence-electron chi connectivity index (χ3n) is 5.00. The molecule has 2 fully saturated rings. The lowest BCUT2D eigenvalue weighted by molar-refractivity contribution is -0.125. The van der Waals surface area contributed by atoms with Gasteiger partial charge in [-0.25, -0.2) is 0 Å². The number of aromatic nitrogens is 2. The normalized spacial score (nSPS) is 26.5. The van der Waals surface area contributed by atoms with Gasteiger partial charge in [0.25, 0.3) is 0 Å². The highest BCUT2D eigenvalue weighted by atomic mass is 35.5. The molecule has 23 heavy (non-hydrogen) atoms. The minimum Gasteiger partial charge on any atom is -0.344 e. The topological polar surface area (TPSA) is 94.0 Å². The Morgan fingerprint density at radius 1 is 1.26 bits per heavy atom. The lowest BCUT2D eigenvalue weighted by atomic mass is 9.89. The van der Waals surface area contributed by atoms with Gasteiger partial charge in [-0.2, -0.15) is 4.98 Å². The molecule has 1 amide bonds. The molecule has 3 rings (SSSR count). The van der Waals surface area contributed by atoms with Crippen LogP contribution in [0.5, 0.6) is 0 Å². The first kappa shape index (κ1) is 18.2. The Morgan fingerprint density at radius 3 is 2.65 bits per heavy atom. The summed E-state index contributed by atoms with van der Waals surface area (Å²) in [4.78, 5) is 16.7. The van der Waals surface area contributed by atoms with Crippen LogP contribution in [0, 0.1) is 5.92 Å². The molecule has 0 aliphatic heterocycles. The zero-order valence-electron chi connectivity index (χ0n) is 13.7. The summed E-state index contributed by atoms with van der Waals surface area (Å²) in [6.07, 6.45) is 8.63. The first-order chi connectivity index (χ1) is 10.6. The van der Waals surface area contributed by atoms with E-state index in [4.69, 9.17) is 10.3 Å². The van der Waals surface area contributed by atoms with Crippen molar-refractivity contribution < 1.29 is 9.32 Å². The molecule has 0 bridgehead atoms. The van der Waals surface area contributed by atoms with E-state index in [1.165, 1.54) is 19.3 Å². The molecule has 1 aromatic rings. The zero-order valence-corrected chi connectivity index (χ0v) is 14.5. The van der Waals surface area contributed by atoms with E-state index in [0.29, 0.717) is 11.8 Å². The molecule has 3 atom stereocenters. The van der Waals surface area contributed by atoms with Gasteiger partial charge >= 0.3 is 0 Å². The largest absolute Gasteiger partial charge is 0.344 e. The third kappa shape index (κ3) is 4.44. The van der Waals surface area contributed by atoms with Crippen molar-refractivity contribution in [3.05, 3.63) is 11.7 Å². The smallest absolute Gasteiger partial charge is 0.248 e. The summed E-state index contributed by atoms with van der Waals surface area (Å²) in [6, 6.07) is -0.0819. The molecule has 0 aromatic carbocycles. The molecule has 2 aliphatic carbocycles. The average Bonchev–Trinajstić information content (AvgIpc) is 3.17. The monoisotopic (exact) mass is 342 g/mol. The van der Waals surface area contributed by atoms with Crippen LogP contribution >= 0.6 is 12.4 Å². The zero-order chi connectivity index (χ0) is 15.5. The Bertz CT molecular complexity index is 516. The number of halogens is 1. The molecule has 0 radical (unpaired) electrons. The fraction of sp³-hybridized carbons (Fsp3) is 0.812. The van der Waals surface area contributed by atoms with Gasteiger partial charge in [0.05, 0.1) is 0 Å². The number of nitrogens with zero attached hydrogens (tertiary/aromatic N) is 2. The number of nitrogens with two attached hydrogens (primary N) is 1. The first-order valence-electron chi connectivity index (χ1n) is 8.53. The SMILES string of the molecule is CC(NC(=O)C1CCC(N)C1)c1nc(C2CCCCC2)no1.Cl. The first-order valence-corrected chi connectivity index (χ1v) is 8.53. The Labute approximate surface area is 143 Å². The molecule has 6 nitrogen and oxygen atoms in total. The Morgan fingerprint density at radius 2 is 2.00 bits per heavy atom. The molecule has 130 valence electrons. The van der Waals surface area contributed by atoms with Gasteiger partial charge in [-0.3, -0.25) is 4.79 Å². The minimum absolute atomic E-state index is 0. The number of carbonyl (C=O) groups is 1. The highest BCUT2D eigenvalue weighted by Gasteiger charge is 2.30. The van der Waals surface area contributed by atoms with Gasteiger partial charge in [0.2, 0.25) is 11.8 Å². The Hall–Kier alpha value is -1.14. The molecule has 1 heterocycles. The van der Waals surface area contributed by atoms with Crippen LogP contribution in [-0.4, -0.2) is 22.1 Å². The average molecular weight is 343 g/mol. The van der Waals surface area contributed by atoms with Crippen LogP contribution in [0.15, 0.2) is 4.52 Å². The van der Waals surface area contributed by atoms with Gasteiger partial charge < -0.3 is 15.6 Å². The molecule has 3 N–H and O–H groups in total.